The van der Waals surface area contributed by atoms with Gasteiger partial charge in [-0.05, 0) is 6.07 Å². The Morgan fingerprint density at radius 3 is 2.21 bits per heavy atom. The van der Waals surface area contributed by atoms with Gasteiger partial charge in [-0.1, -0.05) is 51.6 Å². The molecule has 0 amide bonds. The van der Waals surface area contributed by atoms with Crippen LogP contribution in [-0.4, -0.2) is 12.4 Å². The fraction of sp³-hybridized carbons (Fsp3) is 0.300. The molecule has 19 heavy (non-hydrogen) atoms. The lowest BCUT2D eigenvalue weighted by Crippen LogP contribution is -2.42. The molecule has 0 saturated carbocycles. The Kier molecular flexibility index (Phi) is 3.86. The molecule has 0 radical (unpaired) electrons. The number of nitrogens with zero attached hydrogens (tertiary/aromatic N) is 1. The minimum Gasteiger partial charge on any atom is -0.374 e. The molecule has 104 valence electrons. The number of halogens is 7. The molecule has 9 heteroatoms. The molecule has 1 aliphatic heterocycles. The topological polar surface area (TPSA) is 21.6 Å². The Labute approximate surface area is 126 Å². The number of hydrogen-bond donors (Lipinski definition) is 0. The molecule has 0 spiro atoms. The standard InChI is InChI=1S/C10H4Cl4F3NO/c11-5-3-4(6(12)8(14)7(5)13)9(10(15,16)17)1-2-18-19-9/h2-3H,1H2. The van der Waals surface area contributed by atoms with Crippen LogP contribution < -0.4 is 0 Å². The molecule has 1 aromatic rings. The Morgan fingerprint density at radius 1 is 1.11 bits per heavy atom. The zero-order valence-corrected chi connectivity index (χ0v) is 11.9. The van der Waals surface area contributed by atoms with Crippen molar-refractivity contribution in [2.75, 3.05) is 0 Å². The van der Waals surface area contributed by atoms with E-state index in [-0.39, 0.29) is 20.1 Å². The van der Waals surface area contributed by atoms with Gasteiger partial charge in [0.05, 0.1) is 20.1 Å². The maximum atomic E-state index is 13.3. The van der Waals surface area contributed by atoms with Crippen molar-refractivity contribution >= 4 is 52.6 Å². The molecule has 1 heterocycles. The van der Waals surface area contributed by atoms with E-state index >= 15 is 0 Å². The van der Waals surface area contributed by atoms with Crippen molar-refractivity contribution in [3.63, 3.8) is 0 Å². The summed E-state index contributed by atoms with van der Waals surface area (Å²) in [5.41, 5.74) is -3.11. The third-order valence-electron chi connectivity index (χ3n) is 2.66. The molecule has 0 aromatic heterocycles. The number of alkyl halides is 3. The van der Waals surface area contributed by atoms with E-state index in [2.05, 4.69) is 9.99 Å². The van der Waals surface area contributed by atoms with E-state index in [9.17, 15) is 13.2 Å². The van der Waals surface area contributed by atoms with Gasteiger partial charge in [-0.15, -0.1) is 0 Å². The van der Waals surface area contributed by atoms with Crippen LogP contribution in [0.4, 0.5) is 13.2 Å². The quantitative estimate of drug-likeness (QED) is 0.485. The van der Waals surface area contributed by atoms with E-state index in [4.69, 9.17) is 46.4 Å². The van der Waals surface area contributed by atoms with Gasteiger partial charge in [0.15, 0.2) is 0 Å². The summed E-state index contributed by atoms with van der Waals surface area (Å²) in [7, 11) is 0. The monoisotopic (exact) mass is 351 g/mol. The van der Waals surface area contributed by atoms with Crippen LogP contribution in [0.25, 0.3) is 0 Å². The van der Waals surface area contributed by atoms with Crippen LogP contribution in [0.15, 0.2) is 11.2 Å². The normalized spacial score (nSPS) is 22.7. The highest BCUT2D eigenvalue weighted by Crippen LogP contribution is 2.52. The highest BCUT2D eigenvalue weighted by molar-refractivity contribution is 6.52. The predicted octanol–water partition coefficient (Wildman–Crippen LogP) is 5.46. The van der Waals surface area contributed by atoms with Crippen LogP contribution in [0.3, 0.4) is 0 Å². The molecule has 0 N–H and O–H groups in total. The van der Waals surface area contributed by atoms with E-state index in [0.717, 1.165) is 12.3 Å². The summed E-state index contributed by atoms with van der Waals surface area (Å²) in [6.45, 7) is 0. The van der Waals surface area contributed by atoms with Gasteiger partial charge in [0.2, 0.25) is 0 Å². The first-order chi connectivity index (χ1) is 8.71. The summed E-state index contributed by atoms with van der Waals surface area (Å²) in [5.74, 6) is 0. The van der Waals surface area contributed by atoms with Crippen LogP contribution in [0.2, 0.25) is 20.1 Å². The van der Waals surface area contributed by atoms with Crippen molar-refractivity contribution in [2.24, 2.45) is 5.16 Å². The van der Waals surface area contributed by atoms with E-state index in [1.807, 2.05) is 0 Å². The van der Waals surface area contributed by atoms with Crippen molar-refractivity contribution in [1.29, 1.82) is 0 Å². The zero-order chi connectivity index (χ0) is 14.4. The number of oxime groups is 1. The van der Waals surface area contributed by atoms with Crippen LogP contribution in [-0.2, 0) is 10.4 Å². The average Bonchev–Trinajstić information content (AvgIpc) is 2.81. The molecule has 1 unspecified atom stereocenters. The highest BCUT2D eigenvalue weighted by Gasteiger charge is 2.61. The number of hydrogen-bond acceptors (Lipinski definition) is 2. The van der Waals surface area contributed by atoms with Crippen LogP contribution in [0.1, 0.15) is 12.0 Å². The number of rotatable bonds is 1. The second-order valence-electron chi connectivity index (χ2n) is 3.76. The third-order valence-corrected chi connectivity index (χ3v) is 4.41. The Bertz CT molecular complexity index is 551. The van der Waals surface area contributed by atoms with Gasteiger partial charge in [0.1, 0.15) is 0 Å². The first-order valence-corrected chi connectivity index (χ1v) is 6.32. The van der Waals surface area contributed by atoms with Gasteiger partial charge < -0.3 is 4.84 Å². The van der Waals surface area contributed by atoms with E-state index in [1.54, 1.807) is 0 Å². The van der Waals surface area contributed by atoms with Crippen LogP contribution in [0, 0.1) is 0 Å². The molecule has 1 aromatic carbocycles. The van der Waals surface area contributed by atoms with Crippen LogP contribution in [0.5, 0.6) is 0 Å². The van der Waals surface area contributed by atoms with Gasteiger partial charge in [0, 0.05) is 18.2 Å². The summed E-state index contributed by atoms with van der Waals surface area (Å²) in [5, 5.41) is 2.29. The summed E-state index contributed by atoms with van der Waals surface area (Å²) in [6, 6.07) is 0.986. The molecule has 1 aliphatic rings. The summed E-state index contributed by atoms with van der Waals surface area (Å²) in [6.07, 6.45) is -4.27. The van der Waals surface area contributed by atoms with Crippen molar-refractivity contribution < 1.29 is 18.0 Å². The molecule has 1 atom stereocenters. The molecule has 0 bridgehead atoms. The summed E-state index contributed by atoms with van der Waals surface area (Å²) < 4.78 is 39.8. The first kappa shape index (κ1) is 15.0. The third kappa shape index (κ3) is 2.27. The van der Waals surface area contributed by atoms with Crippen molar-refractivity contribution in [3.8, 4) is 0 Å². The zero-order valence-electron chi connectivity index (χ0n) is 8.86. The summed E-state index contributed by atoms with van der Waals surface area (Å²) >= 11 is 23.1. The Hall–Kier alpha value is -0.360. The Morgan fingerprint density at radius 2 is 1.74 bits per heavy atom. The lowest BCUT2D eigenvalue weighted by molar-refractivity contribution is -0.275. The smallest absolute Gasteiger partial charge is 0.374 e. The molecule has 0 fully saturated rings. The van der Waals surface area contributed by atoms with Crippen molar-refractivity contribution in [3.05, 3.63) is 31.7 Å². The minimum atomic E-state index is -4.74. The van der Waals surface area contributed by atoms with Crippen LogP contribution >= 0.6 is 46.4 Å². The lowest BCUT2D eigenvalue weighted by atomic mass is 9.90. The van der Waals surface area contributed by atoms with E-state index < -0.39 is 23.8 Å². The van der Waals surface area contributed by atoms with E-state index in [0.29, 0.717) is 0 Å². The van der Waals surface area contributed by atoms with Gasteiger partial charge in [-0.25, -0.2) is 0 Å². The lowest BCUT2D eigenvalue weighted by Gasteiger charge is -2.30. The second kappa shape index (κ2) is 4.88. The van der Waals surface area contributed by atoms with Gasteiger partial charge in [-0.2, -0.15) is 13.2 Å². The summed E-state index contributed by atoms with van der Waals surface area (Å²) in [4.78, 5) is 4.52. The fourth-order valence-electron chi connectivity index (χ4n) is 1.68. The van der Waals surface area contributed by atoms with E-state index in [1.165, 1.54) is 0 Å². The van der Waals surface area contributed by atoms with Gasteiger partial charge in [-0.3, -0.25) is 0 Å². The molecule has 2 rings (SSSR count). The molecule has 2 nitrogen and oxygen atoms in total. The molecular weight excluding hydrogens is 349 g/mol. The number of benzene rings is 1. The average molecular weight is 353 g/mol. The molecule has 0 saturated heterocycles. The molecule has 0 aliphatic carbocycles. The predicted molar refractivity (Wildman–Crippen MR) is 68.4 cm³/mol. The Balaban J connectivity index is 2.69. The SMILES string of the molecule is FC(F)(F)C1(c2cc(Cl)c(Cl)c(Cl)c2Cl)CC=NO1. The fourth-order valence-corrected chi connectivity index (χ4v) is 2.63. The van der Waals surface area contributed by atoms with Crippen molar-refractivity contribution in [1.82, 2.24) is 0 Å². The highest BCUT2D eigenvalue weighted by atomic mass is 35.5. The second-order valence-corrected chi connectivity index (χ2v) is 5.30. The molecular formula is C10H4Cl4F3NO. The maximum absolute atomic E-state index is 13.3. The maximum Gasteiger partial charge on any atom is 0.435 e. The minimum absolute atomic E-state index is 0.117. The van der Waals surface area contributed by atoms with Gasteiger partial charge in [0.25, 0.3) is 5.60 Å². The first-order valence-electron chi connectivity index (χ1n) is 4.81. The largest absolute Gasteiger partial charge is 0.435 e. The van der Waals surface area contributed by atoms with Crippen molar-refractivity contribution in [2.45, 2.75) is 18.2 Å². The van der Waals surface area contributed by atoms with Gasteiger partial charge >= 0.3 is 6.18 Å².